The summed E-state index contributed by atoms with van der Waals surface area (Å²) in [4.78, 5) is 11.6. The Kier molecular flexibility index (Phi) is 3.00. The Morgan fingerprint density at radius 3 is 2.47 bits per heavy atom. The summed E-state index contributed by atoms with van der Waals surface area (Å²) < 4.78 is 7.11. The summed E-state index contributed by atoms with van der Waals surface area (Å²) in [6, 6.07) is 9.56. The molecule has 3 nitrogen and oxygen atoms in total. The highest BCUT2D eigenvalue weighted by Crippen LogP contribution is 2.19. The van der Waals surface area contributed by atoms with Crippen LogP contribution in [0, 0.1) is 13.8 Å². The average Bonchev–Trinajstić information content (AvgIpc) is 2.31. The number of nitrogens with zero attached hydrogens (tertiary/aromatic N) is 1. The van der Waals surface area contributed by atoms with Gasteiger partial charge in [0, 0.05) is 18.0 Å². The van der Waals surface area contributed by atoms with E-state index in [4.69, 9.17) is 4.74 Å². The van der Waals surface area contributed by atoms with Crippen molar-refractivity contribution in [3.8, 4) is 11.4 Å². The molecule has 17 heavy (non-hydrogen) atoms. The SMILES string of the molecule is COc1c(C)n(-c2ccccc2C)ccc1=O. The lowest BCUT2D eigenvalue weighted by Gasteiger charge is -2.15. The summed E-state index contributed by atoms with van der Waals surface area (Å²) in [6.07, 6.45) is 1.78. The topological polar surface area (TPSA) is 31.2 Å². The first-order valence-electron chi connectivity index (χ1n) is 5.47. The highest BCUT2D eigenvalue weighted by Gasteiger charge is 2.09. The van der Waals surface area contributed by atoms with Crippen molar-refractivity contribution in [2.75, 3.05) is 7.11 Å². The molecule has 0 fully saturated rings. The number of hydrogen-bond donors (Lipinski definition) is 0. The molecule has 0 unspecified atom stereocenters. The number of aryl methyl sites for hydroxylation is 1. The molecular weight excluding hydrogens is 214 g/mol. The van der Waals surface area contributed by atoms with Gasteiger partial charge in [-0.05, 0) is 25.5 Å². The third-order valence-electron chi connectivity index (χ3n) is 2.87. The van der Waals surface area contributed by atoms with Crippen molar-refractivity contribution in [1.82, 2.24) is 4.57 Å². The number of rotatable bonds is 2. The van der Waals surface area contributed by atoms with E-state index < -0.39 is 0 Å². The minimum Gasteiger partial charge on any atom is -0.491 e. The van der Waals surface area contributed by atoms with Gasteiger partial charge < -0.3 is 9.30 Å². The highest BCUT2D eigenvalue weighted by molar-refractivity contribution is 5.44. The minimum absolute atomic E-state index is 0.0881. The summed E-state index contributed by atoms with van der Waals surface area (Å²) in [5.74, 6) is 0.399. The summed E-state index contributed by atoms with van der Waals surface area (Å²) in [7, 11) is 1.52. The number of ether oxygens (including phenoxy) is 1. The van der Waals surface area contributed by atoms with Crippen molar-refractivity contribution in [2.24, 2.45) is 0 Å². The van der Waals surface area contributed by atoms with Crippen LogP contribution < -0.4 is 10.2 Å². The molecule has 0 saturated heterocycles. The zero-order chi connectivity index (χ0) is 12.4. The van der Waals surface area contributed by atoms with Gasteiger partial charge in [0.25, 0.3) is 0 Å². The van der Waals surface area contributed by atoms with Gasteiger partial charge in [-0.15, -0.1) is 0 Å². The van der Waals surface area contributed by atoms with Gasteiger partial charge >= 0.3 is 0 Å². The largest absolute Gasteiger partial charge is 0.491 e. The predicted octanol–water partition coefficient (Wildman–Crippen LogP) is 2.46. The second kappa shape index (κ2) is 4.45. The number of hydrogen-bond acceptors (Lipinski definition) is 2. The number of pyridine rings is 1. The first-order chi connectivity index (χ1) is 8.15. The van der Waals surface area contributed by atoms with E-state index in [0.717, 1.165) is 16.9 Å². The minimum atomic E-state index is -0.0881. The lowest BCUT2D eigenvalue weighted by Crippen LogP contribution is -2.12. The monoisotopic (exact) mass is 229 g/mol. The molecule has 2 rings (SSSR count). The normalized spacial score (nSPS) is 10.3. The second-order valence-corrected chi connectivity index (χ2v) is 3.96. The van der Waals surface area contributed by atoms with Crippen molar-refractivity contribution in [3.05, 3.63) is 58.0 Å². The molecule has 1 heterocycles. The first kappa shape index (κ1) is 11.5. The smallest absolute Gasteiger partial charge is 0.223 e. The Morgan fingerprint density at radius 1 is 1.12 bits per heavy atom. The van der Waals surface area contributed by atoms with Gasteiger partial charge in [-0.2, -0.15) is 0 Å². The quantitative estimate of drug-likeness (QED) is 0.792. The molecule has 0 amide bonds. The maximum atomic E-state index is 11.6. The molecule has 0 aliphatic carbocycles. The standard InChI is InChI=1S/C14H15NO2/c1-10-6-4-5-7-12(10)15-9-8-13(16)14(17-3)11(15)2/h4-9H,1-3H3. The molecule has 0 aliphatic heterocycles. The molecule has 2 aromatic rings. The fourth-order valence-corrected chi connectivity index (χ4v) is 1.96. The summed E-state index contributed by atoms with van der Waals surface area (Å²) >= 11 is 0. The molecular formula is C14H15NO2. The molecule has 3 heteroatoms. The lowest BCUT2D eigenvalue weighted by atomic mass is 10.2. The fraction of sp³-hybridized carbons (Fsp3) is 0.214. The third-order valence-corrected chi connectivity index (χ3v) is 2.87. The third kappa shape index (κ3) is 1.96. The number of aromatic nitrogens is 1. The van der Waals surface area contributed by atoms with Crippen molar-refractivity contribution in [1.29, 1.82) is 0 Å². The zero-order valence-electron chi connectivity index (χ0n) is 10.2. The van der Waals surface area contributed by atoms with E-state index in [0.29, 0.717) is 5.75 Å². The van der Waals surface area contributed by atoms with Crippen molar-refractivity contribution < 1.29 is 4.74 Å². The summed E-state index contributed by atoms with van der Waals surface area (Å²) in [5, 5.41) is 0. The van der Waals surface area contributed by atoms with E-state index in [9.17, 15) is 4.79 Å². The van der Waals surface area contributed by atoms with Gasteiger partial charge in [0.05, 0.1) is 12.8 Å². The average molecular weight is 229 g/mol. The maximum Gasteiger partial charge on any atom is 0.223 e. The van der Waals surface area contributed by atoms with Gasteiger partial charge in [-0.3, -0.25) is 4.79 Å². The Morgan fingerprint density at radius 2 is 1.82 bits per heavy atom. The molecule has 0 N–H and O–H groups in total. The van der Waals surface area contributed by atoms with E-state index >= 15 is 0 Å². The van der Waals surface area contributed by atoms with Crippen LogP contribution in [0.25, 0.3) is 5.69 Å². The molecule has 0 saturated carbocycles. The molecule has 0 atom stereocenters. The molecule has 88 valence electrons. The Balaban J connectivity index is 2.70. The first-order valence-corrected chi connectivity index (χ1v) is 5.47. The van der Waals surface area contributed by atoms with Crippen molar-refractivity contribution >= 4 is 0 Å². The van der Waals surface area contributed by atoms with E-state index in [-0.39, 0.29) is 5.43 Å². The van der Waals surface area contributed by atoms with Crippen molar-refractivity contribution in [2.45, 2.75) is 13.8 Å². The van der Waals surface area contributed by atoms with Crippen LogP contribution in [-0.4, -0.2) is 11.7 Å². The predicted molar refractivity (Wildman–Crippen MR) is 68.1 cm³/mol. The van der Waals surface area contributed by atoms with Gasteiger partial charge in [0.15, 0.2) is 5.75 Å². The Bertz CT molecular complexity index is 599. The van der Waals surface area contributed by atoms with E-state index in [1.807, 2.05) is 42.7 Å². The van der Waals surface area contributed by atoms with Crippen molar-refractivity contribution in [3.63, 3.8) is 0 Å². The lowest BCUT2D eigenvalue weighted by molar-refractivity contribution is 0.403. The fourth-order valence-electron chi connectivity index (χ4n) is 1.96. The van der Waals surface area contributed by atoms with Crippen LogP contribution in [0.4, 0.5) is 0 Å². The van der Waals surface area contributed by atoms with Crippen LogP contribution in [-0.2, 0) is 0 Å². The van der Waals surface area contributed by atoms with Crippen LogP contribution in [0.15, 0.2) is 41.3 Å². The van der Waals surface area contributed by atoms with Gasteiger partial charge in [0.2, 0.25) is 5.43 Å². The molecule has 1 aromatic carbocycles. The number of methoxy groups -OCH3 is 1. The number of benzene rings is 1. The summed E-state index contributed by atoms with van der Waals surface area (Å²) in [6.45, 7) is 3.92. The molecule has 0 bridgehead atoms. The van der Waals surface area contributed by atoms with Crippen LogP contribution in [0.3, 0.4) is 0 Å². The molecule has 1 aromatic heterocycles. The maximum absolute atomic E-state index is 11.6. The molecule has 0 radical (unpaired) electrons. The van der Waals surface area contributed by atoms with Crippen LogP contribution >= 0.6 is 0 Å². The number of para-hydroxylation sites is 1. The van der Waals surface area contributed by atoms with Crippen LogP contribution in [0.2, 0.25) is 0 Å². The Hall–Kier alpha value is -2.03. The van der Waals surface area contributed by atoms with E-state index in [2.05, 4.69) is 0 Å². The summed E-state index contributed by atoms with van der Waals surface area (Å²) in [5.41, 5.74) is 2.94. The van der Waals surface area contributed by atoms with Gasteiger partial charge in [-0.1, -0.05) is 18.2 Å². The van der Waals surface area contributed by atoms with E-state index in [1.165, 1.54) is 13.2 Å². The Labute approximate surface area is 100 Å². The van der Waals surface area contributed by atoms with Gasteiger partial charge in [0.1, 0.15) is 0 Å². The second-order valence-electron chi connectivity index (χ2n) is 3.96. The molecule has 0 spiro atoms. The zero-order valence-corrected chi connectivity index (χ0v) is 10.2. The van der Waals surface area contributed by atoms with E-state index in [1.54, 1.807) is 6.20 Å². The highest BCUT2D eigenvalue weighted by atomic mass is 16.5. The van der Waals surface area contributed by atoms with Crippen LogP contribution in [0.1, 0.15) is 11.3 Å². The van der Waals surface area contributed by atoms with Gasteiger partial charge in [-0.25, -0.2) is 0 Å². The van der Waals surface area contributed by atoms with Crippen LogP contribution in [0.5, 0.6) is 5.75 Å². The molecule has 0 aliphatic rings.